The van der Waals surface area contributed by atoms with Gasteiger partial charge in [0.2, 0.25) is 5.91 Å². The summed E-state index contributed by atoms with van der Waals surface area (Å²) in [5.41, 5.74) is 5.88. The molecule has 0 fully saturated rings. The van der Waals surface area contributed by atoms with Gasteiger partial charge in [0.05, 0.1) is 11.5 Å². The molecule has 0 aromatic heterocycles. The molecule has 3 atom stereocenters. The van der Waals surface area contributed by atoms with E-state index in [1.807, 2.05) is 25.1 Å². The zero-order chi connectivity index (χ0) is 14.7. The molecule has 0 saturated heterocycles. The van der Waals surface area contributed by atoms with Crippen molar-refractivity contribution < 1.29 is 14.3 Å². The van der Waals surface area contributed by atoms with E-state index < -0.39 is 0 Å². The summed E-state index contributed by atoms with van der Waals surface area (Å²) in [6.45, 7) is 3.96. The highest BCUT2D eigenvalue weighted by Gasteiger charge is 2.40. The second kappa shape index (κ2) is 6.07. The quantitative estimate of drug-likeness (QED) is 0.897. The van der Waals surface area contributed by atoms with Crippen LogP contribution in [0.25, 0.3) is 0 Å². The molecule has 0 aliphatic carbocycles. The number of primary amides is 1. The Morgan fingerprint density at radius 1 is 1.40 bits per heavy atom. The second-order valence-corrected chi connectivity index (χ2v) is 5.48. The molecule has 4 heteroatoms. The largest absolute Gasteiger partial charge is 0.489 e. The van der Waals surface area contributed by atoms with E-state index >= 15 is 0 Å². The lowest BCUT2D eigenvalue weighted by Crippen LogP contribution is -2.42. The Morgan fingerprint density at radius 3 is 2.75 bits per heavy atom. The predicted molar refractivity (Wildman–Crippen MR) is 76.6 cm³/mol. The van der Waals surface area contributed by atoms with Gasteiger partial charge in [-0.05, 0) is 24.5 Å². The zero-order valence-corrected chi connectivity index (χ0v) is 12.0. The third-order valence-corrected chi connectivity index (χ3v) is 3.84. The first-order valence-corrected chi connectivity index (χ1v) is 7.12. The van der Waals surface area contributed by atoms with Gasteiger partial charge < -0.3 is 10.5 Å². The van der Waals surface area contributed by atoms with Crippen LogP contribution in [0, 0.1) is 11.8 Å². The first kappa shape index (κ1) is 14.6. The summed E-state index contributed by atoms with van der Waals surface area (Å²) in [5, 5.41) is 0. The number of ether oxygens (including phenoxy) is 1. The van der Waals surface area contributed by atoms with Gasteiger partial charge in [0.25, 0.3) is 0 Å². The van der Waals surface area contributed by atoms with Crippen molar-refractivity contribution in [2.24, 2.45) is 17.6 Å². The van der Waals surface area contributed by atoms with Crippen LogP contribution >= 0.6 is 0 Å². The Labute approximate surface area is 119 Å². The topological polar surface area (TPSA) is 69.4 Å². The first-order chi connectivity index (χ1) is 9.54. The molecule has 1 aliphatic rings. The normalized spacial score (nSPS) is 22.8. The number of fused-ring (bicyclic) bond motifs is 1. The van der Waals surface area contributed by atoms with E-state index in [1.165, 1.54) is 0 Å². The number of amides is 1. The molecule has 1 heterocycles. The molecule has 20 heavy (non-hydrogen) atoms. The molecular formula is C16H21NO3. The highest BCUT2D eigenvalue weighted by molar-refractivity contribution is 6.02. The van der Waals surface area contributed by atoms with Crippen LogP contribution in [-0.2, 0) is 4.79 Å². The average molecular weight is 275 g/mol. The van der Waals surface area contributed by atoms with Gasteiger partial charge in [-0.15, -0.1) is 0 Å². The van der Waals surface area contributed by atoms with Crippen LogP contribution in [0.4, 0.5) is 0 Å². The van der Waals surface area contributed by atoms with Crippen LogP contribution in [0.15, 0.2) is 24.3 Å². The van der Waals surface area contributed by atoms with E-state index in [-0.39, 0.29) is 36.1 Å². The molecule has 3 unspecified atom stereocenters. The van der Waals surface area contributed by atoms with Crippen LogP contribution in [0.2, 0.25) is 0 Å². The second-order valence-electron chi connectivity index (χ2n) is 5.48. The standard InChI is InChI=1S/C16H21NO3/c1-3-6-13-15(10(2)9-14(17)18)16(19)11-7-4-5-8-12(11)20-13/h4-5,7-8,10,13,15H,3,6,9H2,1-2H3,(H2,17,18). The van der Waals surface area contributed by atoms with Gasteiger partial charge in [0.15, 0.2) is 5.78 Å². The monoisotopic (exact) mass is 275 g/mol. The van der Waals surface area contributed by atoms with Crippen LogP contribution < -0.4 is 10.5 Å². The van der Waals surface area contributed by atoms with Gasteiger partial charge in [-0.25, -0.2) is 0 Å². The summed E-state index contributed by atoms with van der Waals surface area (Å²) in [4.78, 5) is 23.8. The number of carbonyl (C=O) groups is 2. The number of Topliss-reactive ketones (excluding diaryl/α,β-unsaturated/α-hetero) is 1. The van der Waals surface area contributed by atoms with Crippen LogP contribution in [0.3, 0.4) is 0 Å². The minimum atomic E-state index is -0.376. The minimum absolute atomic E-state index is 0.0686. The number of ketones is 1. The van der Waals surface area contributed by atoms with Gasteiger partial charge in [-0.1, -0.05) is 32.4 Å². The van der Waals surface area contributed by atoms with Crippen LogP contribution in [0.1, 0.15) is 43.5 Å². The van der Waals surface area contributed by atoms with Gasteiger partial charge in [0, 0.05) is 6.42 Å². The molecule has 0 spiro atoms. The number of hydrogen-bond donors (Lipinski definition) is 1. The Hall–Kier alpha value is -1.84. The lowest BCUT2D eigenvalue weighted by molar-refractivity contribution is -0.119. The van der Waals surface area contributed by atoms with Crippen molar-refractivity contribution in [3.63, 3.8) is 0 Å². The summed E-state index contributed by atoms with van der Waals surface area (Å²) in [6, 6.07) is 7.30. The predicted octanol–water partition coefficient (Wildman–Crippen LogP) is 2.56. The van der Waals surface area contributed by atoms with Gasteiger partial charge in [-0.3, -0.25) is 9.59 Å². The molecule has 108 valence electrons. The van der Waals surface area contributed by atoms with Crippen LogP contribution in [-0.4, -0.2) is 17.8 Å². The maximum absolute atomic E-state index is 12.7. The summed E-state index contributed by atoms with van der Waals surface area (Å²) in [6.07, 6.45) is 1.77. The molecule has 4 nitrogen and oxygen atoms in total. The van der Waals surface area contributed by atoms with Crippen molar-refractivity contribution in [1.29, 1.82) is 0 Å². The number of hydrogen-bond acceptors (Lipinski definition) is 3. The highest BCUT2D eigenvalue weighted by atomic mass is 16.5. The maximum atomic E-state index is 12.7. The number of para-hydroxylation sites is 1. The summed E-state index contributed by atoms with van der Waals surface area (Å²) in [7, 11) is 0. The van der Waals surface area contributed by atoms with E-state index in [2.05, 4.69) is 6.92 Å². The van der Waals surface area contributed by atoms with Crippen molar-refractivity contribution in [2.75, 3.05) is 0 Å². The maximum Gasteiger partial charge on any atom is 0.217 e. The van der Waals surface area contributed by atoms with Crippen molar-refractivity contribution in [3.8, 4) is 5.75 Å². The average Bonchev–Trinajstić information content (AvgIpc) is 2.38. The van der Waals surface area contributed by atoms with Gasteiger partial charge >= 0.3 is 0 Å². The molecule has 1 aliphatic heterocycles. The Morgan fingerprint density at radius 2 is 2.10 bits per heavy atom. The third kappa shape index (κ3) is 2.84. The van der Waals surface area contributed by atoms with Crippen LogP contribution in [0.5, 0.6) is 5.75 Å². The Balaban J connectivity index is 2.32. The number of nitrogens with two attached hydrogens (primary N) is 1. The van der Waals surface area contributed by atoms with Crippen molar-refractivity contribution >= 4 is 11.7 Å². The molecule has 0 bridgehead atoms. The van der Waals surface area contributed by atoms with Gasteiger partial charge in [-0.2, -0.15) is 0 Å². The Bertz CT molecular complexity index is 512. The smallest absolute Gasteiger partial charge is 0.217 e. The van der Waals surface area contributed by atoms with Crippen molar-refractivity contribution in [3.05, 3.63) is 29.8 Å². The molecule has 1 amide bonds. The van der Waals surface area contributed by atoms with Crippen molar-refractivity contribution in [2.45, 2.75) is 39.2 Å². The fourth-order valence-electron chi connectivity index (χ4n) is 2.95. The molecule has 0 radical (unpaired) electrons. The zero-order valence-electron chi connectivity index (χ0n) is 12.0. The van der Waals surface area contributed by atoms with E-state index in [0.717, 1.165) is 12.8 Å². The molecule has 0 saturated carbocycles. The third-order valence-electron chi connectivity index (χ3n) is 3.84. The van der Waals surface area contributed by atoms with E-state index in [9.17, 15) is 9.59 Å². The minimum Gasteiger partial charge on any atom is -0.489 e. The Kier molecular flexibility index (Phi) is 4.42. The van der Waals surface area contributed by atoms with E-state index in [1.54, 1.807) is 6.07 Å². The fraction of sp³-hybridized carbons (Fsp3) is 0.500. The van der Waals surface area contributed by atoms with Gasteiger partial charge in [0.1, 0.15) is 11.9 Å². The lowest BCUT2D eigenvalue weighted by atomic mass is 9.77. The molecular weight excluding hydrogens is 254 g/mol. The van der Waals surface area contributed by atoms with E-state index in [4.69, 9.17) is 10.5 Å². The number of rotatable bonds is 5. The summed E-state index contributed by atoms with van der Waals surface area (Å²) in [5.74, 6) is -0.0563. The molecule has 2 rings (SSSR count). The molecule has 1 aromatic carbocycles. The summed E-state index contributed by atoms with van der Waals surface area (Å²) >= 11 is 0. The summed E-state index contributed by atoms with van der Waals surface area (Å²) < 4.78 is 5.99. The first-order valence-electron chi connectivity index (χ1n) is 7.12. The van der Waals surface area contributed by atoms with Crippen molar-refractivity contribution in [1.82, 2.24) is 0 Å². The molecule has 2 N–H and O–H groups in total. The lowest BCUT2D eigenvalue weighted by Gasteiger charge is -2.35. The number of benzene rings is 1. The van der Waals surface area contributed by atoms with E-state index in [0.29, 0.717) is 11.3 Å². The SMILES string of the molecule is CCCC1Oc2ccccc2C(=O)C1C(C)CC(N)=O. The number of carbonyl (C=O) groups excluding carboxylic acids is 2. The fourth-order valence-corrected chi connectivity index (χ4v) is 2.95. The molecule has 1 aromatic rings. The highest BCUT2D eigenvalue weighted by Crippen LogP contribution is 2.36.